The highest BCUT2D eigenvalue weighted by Gasteiger charge is 2.27. The predicted octanol–water partition coefficient (Wildman–Crippen LogP) is 2.47. The van der Waals surface area contributed by atoms with E-state index in [0.717, 1.165) is 16.9 Å². The van der Waals surface area contributed by atoms with E-state index < -0.39 is 10.0 Å². The summed E-state index contributed by atoms with van der Waals surface area (Å²) >= 11 is 1.35. The Morgan fingerprint density at radius 3 is 2.40 bits per heavy atom. The Hall–Kier alpha value is -3.12. The number of nitrogens with zero attached hydrogens (tertiary/aromatic N) is 5. The lowest BCUT2D eigenvalue weighted by Gasteiger charge is -2.33. The number of ether oxygens (including phenoxy) is 1. The van der Waals surface area contributed by atoms with Crippen LogP contribution in [0.1, 0.15) is 11.3 Å². The third kappa shape index (κ3) is 5.27. The van der Waals surface area contributed by atoms with Crippen molar-refractivity contribution in [2.45, 2.75) is 12.3 Å². The van der Waals surface area contributed by atoms with Gasteiger partial charge in [0.2, 0.25) is 15.0 Å². The molecule has 0 radical (unpaired) electrons. The van der Waals surface area contributed by atoms with Crippen LogP contribution in [0.15, 0.2) is 65.5 Å². The number of piperazine rings is 1. The molecule has 4 aromatic rings. The molecule has 2 aromatic heterocycles. The van der Waals surface area contributed by atoms with Crippen molar-refractivity contribution in [2.75, 3.05) is 33.3 Å². The number of methoxy groups -OCH3 is 1. The second-order valence-corrected chi connectivity index (χ2v) is 11.3. The summed E-state index contributed by atoms with van der Waals surface area (Å²) in [5.74, 6) is 0.755. The van der Waals surface area contributed by atoms with Gasteiger partial charge in [-0.1, -0.05) is 41.7 Å². The van der Waals surface area contributed by atoms with Crippen LogP contribution in [-0.4, -0.2) is 65.5 Å². The number of sulfonamides is 1. The van der Waals surface area contributed by atoms with E-state index in [2.05, 4.69) is 15.0 Å². The standard InChI is InChI=1S/C24H25N5O4S2/c1-33-21-9-7-19(8-10-21)23-26-29-22(30)15-20(25-24(29)34-23)16-27-11-13-28(14-12-27)35(31,32)17-18-5-3-2-4-6-18/h2-10,15H,11-14,16-17H2,1H3. The van der Waals surface area contributed by atoms with Gasteiger partial charge in [-0.25, -0.2) is 13.4 Å². The lowest BCUT2D eigenvalue weighted by atomic mass is 10.2. The first kappa shape index (κ1) is 23.6. The Labute approximate surface area is 207 Å². The molecule has 182 valence electrons. The van der Waals surface area contributed by atoms with Gasteiger partial charge in [0.15, 0.2) is 0 Å². The molecule has 0 saturated carbocycles. The molecule has 0 aliphatic carbocycles. The van der Waals surface area contributed by atoms with Crippen LogP contribution in [0, 0.1) is 0 Å². The average molecular weight is 512 g/mol. The molecule has 1 saturated heterocycles. The van der Waals surface area contributed by atoms with E-state index in [1.54, 1.807) is 11.4 Å². The fraction of sp³-hybridized carbons (Fsp3) is 0.292. The van der Waals surface area contributed by atoms with Gasteiger partial charge in [0.25, 0.3) is 5.56 Å². The summed E-state index contributed by atoms with van der Waals surface area (Å²) in [5, 5.41) is 5.13. The molecule has 9 nitrogen and oxygen atoms in total. The Balaban J connectivity index is 1.26. The molecular weight excluding hydrogens is 486 g/mol. The van der Waals surface area contributed by atoms with E-state index >= 15 is 0 Å². The predicted molar refractivity (Wildman–Crippen MR) is 135 cm³/mol. The maximum Gasteiger partial charge on any atom is 0.275 e. The minimum absolute atomic E-state index is 0.00470. The SMILES string of the molecule is COc1ccc(-c2nn3c(=O)cc(CN4CCN(S(=O)(=O)Cc5ccccc5)CC4)nc3s2)cc1. The van der Waals surface area contributed by atoms with Crippen molar-refractivity contribution in [3.8, 4) is 16.3 Å². The van der Waals surface area contributed by atoms with E-state index in [1.165, 1.54) is 21.9 Å². The molecule has 1 aliphatic heterocycles. The van der Waals surface area contributed by atoms with Gasteiger partial charge in [0.05, 0.1) is 18.6 Å². The van der Waals surface area contributed by atoms with Crippen LogP contribution >= 0.6 is 11.3 Å². The monoisotopic (exact) mass is 511 g/mol. The fourth-order valence-electron chi connectivity index (χ4n) is 4.06. The summed E-state index contributed by atoms with van der Waals surface area (Å²) in [4.78, 5) is 20.0. The smallest absolute Gasteiger partial charge is 0.275 e. The molecule has 35 heavy (non-hydrogen) atoms. The van der Waals surface area contributed by atoms with Crippen molar-refractivity contribution in [3.63, 3.8) is 0 Å². The molecule has 5 rings (SSSR count). The zero-order chi connectivity index (χ0) is 24.4. The summed E-state index contributed by atoms with van der Waals surface area (Å²) in [6.07, 6.45) is 0. The van der Waals surface area contributed by atoms with Crippen molar-refractivity contribution in [3.05, 3.63) is 82.3 Å². The van der Waals surface area contributed by atoms with Gasteiger partial charge in [-0.05, 0) is 29.8 Å². The third-order valence-corrected chi connectivity index (χ3v) is 8.74. The van der Waals surface area contributed by atoms with Crippen LogP contribution in [-0.2, 0) is 22.3 Å². The van der Waals surface area contributed by atoms with Crippen LogP contribution in [0.25, 0.3) is 15.5 Å². The lowest BCUT2D eigenvalue weighted by molar-refractivity contribution is 0.180. The first-order valence-electron chi connectivity index (χ1n) is 11.2. The van der Waals surface area contributed by atoms with Gasteiger partial charge in [0, 0.05) is 44.4 Å². The number of rotatable bonds is 7. The van der Waals surface area contributed by atoms with E-state index in [9.17, 15) is 13.2 Å². The van der Waals surface area contributed by atoms with E-state index in [-0.39, 0.29) is 11.3 Å². The summed E-state index contributed by atoms with van der Waals surface area (Å²) < 4.78 is 33.7. The van der Waals surface area contributed by atoms with Crippen molar-refractivity contribution in [1.82, 2.24) is 23.8 Å². The zero-order valence-corrected chi connectivity index (χ0v) is 20.8. The maximum atomic E-state index is 12.8. The Bertz CT molecular complexity index is 1480. The first-order valence-corrected chi connectivity index (χ1v) is 13.6. The zero-order valence-electron chi connectivity index (χ0n) is 19.2. The van der Waals surface area contributed by atoms with Gasteiger partial charge in [-0.15, -0.1) is 0 Å². The molecule has 0 spiro atoms. The largest absolute Gasteiger partial charge is 0.497 e. The molecule has 0 unspecified atom stereocenters. The molecule has 0 N–H and O–H groups in total. The Morgan fingerprint density at radius 2 is 1.71 bits per heavy atom. The van der Waals surface area contributed by atoms with Gasteiger partial charge in [-0.2, -0.15) is 13.9 Å². The minimum Gasteiger partial charge on any atom is -0.497 e. The van der Waals surface area contributed by atoms with Crippen molar-refractivity contribution >= 4 is 26.3 Å². The van der Waals surface area contributed by atoms with Crippen molar-refractivity contribution in [1.29, 1.82) is 0 Å². The maximum absolute atomic E-state index is 12.8. The van der Waals surface area contributed by atoms with Gasteiger partial charge in [-0.3, -0.25) is 9.69 Å². The summed E-state index contributed by atoms with van der Waals surface area (Å²) in [6.45, 7) is 2.47. The molecular formula is C24H25N5O4S2. The Kier molecular flexibility index (Phi) is 6.65. The highest BCUT2D eigenvalue weighted by molar-refractivity contribution is 7.88. The van der Waals surface area contributed by atoms with Crippen molar-refractivity contribution in [2.24, 2.45) is 0 Å². The van der Waals surface area contributed by atoms with Crippen LogP contribution < -0.4 is 10.3 Å². The summed E-state index contributed by atoms with van der Waals surface area (Å²) in [7, 11) is -1.76. The molecule has 0 atom stereocenters. The second kappa shape index (κ2) is 9.86. The van der Waals surface area contributed by atoms with Gasteiger partial charge >= 0.3 is 0 Å². The number of benzene rings is 2. The topological polar surface area (TPSA) is 97.1 Å². The summed E-state index contributed by atoms with van der Waals surface area (Å²) in [6, 6.07) is 18.2. The van der Waals surface area contributed by atoms with E-state index in [0.29, 0.717) is 48.4 Å². The number of fused-ring (bicyclic) bond motifs is 1. The highest BCUT2D eigenvalue weighted by Crippen LogP contribution is 2.26. The van der Waals surface area contributed by atoms with Gasteiger partial charge in [0.1, 0.15) is 10.8 Å². The molecule has 11 heteroatoms. The number of aromatic nitrogens is 3. The number of hydrogen-bond donors (Lipinski definition) is 0. The second-order valence-electron chi connectivity index (χ2n) is 8.33. The molecule has 0 bridgehead atoms. The quantitative estimate of drug-likeness (QED) is 0.376. The van der Waals surface area contributed by atoms with E-state index in [1.807, 2.05) is 54.6 Å². The minimum atomic E-state index is -3.37. The number of hydrogen-bond acceptors (Lipinski definition) is 8. The molecule has 1 fully saturated rings. The lowest BCUT2D eigenvalue weighted by Crippen LogP contribution is -2.48. The molecule has 2 aromatic carbocycles. The van der Waals surface area contributed by atoms with Crippen LogP contribution in [0.5, 0.6) is 5.75 Å². The van der Waals surface area contributed by atoms with E-state index in [4.69, 9.17) is 4.74 Å². The third-order valence-electron chi connectivity index (χ3n) is 5.94. The molecule has 0 amide bonds. The van der Waals surface area contributed by atoms with Crippen molar-refractivity contribution < 1.29 is 13.2 Å². The van der Waals surface area contributed by atoms with Crippen LogP contribution in [0.2, 0.25) is 0 Å². The van der Waals surface area contributed by atoms with Gasteiger partial charge < -0.3 is 4.74 Å². The fourth-order valence-corrected chi connectivity index (χ4v) is 6.50. The summed E-state index contributed by atoms with van der Waals surface area (Å²) in [5.41, 5.74) is 2.09. The first-order chi connectivity index (χ1) is 16.9. The average Bonchev–Trinajstić information content (AvgIpc) is 3.30. The Morgan fingerprint density at radius 1 is 1.00 bits per heavy atom. The van der Waals surface area contributed by atoms with Crippen LogP contribution in [0.3, 0.4) is 0 Å². The molecule has 1 aliphatic rings. The van der Waals surface area contributed by atoms with Crippen LogP contribution in [0.4, 0.5) is 0 Å². The molecule has 3 heterocycles. The normalized spacial score (nSPS) is 15.5. The highest BCUT2D eigenvalue weighted by atomic mass is 32.2.